The highest BCUT2D eigenvalue weighted by Crippen LogP contribution is 2.61. The van der Waals surface area contributed by atoms with E-state index in [9.17, 15) is 67.8 Å². The number of aliphatic carboxylic acids is 1. The number of nitrogen functional groups attached to an aromatic ring is 1. The van der Waals surface area contributed by atoms with E-state index in [4.69, 9.17) is 24.6 Å². The third kappa shape index (κ3) is 19.4. The van der Waals surface area contributed by atoms with E-state index in [2.05, 4.69) is 34.4 Å². The summed E-state index contributed by atoms with van der Waals surface area (Å²) >= 11 is 1.03. The zero-order valence-corrected chi connectivity index (χ0v) is 37.8. The van der Waals surface area contributed by atoms with Gasteiger partial charge in [0.25, 0.3) is 0 Å². The molecule has 3 heterocycles. The van der Waals surface area contributed by atoms with Crippen LogP contribution in [0.15, 0.2) is 12.7 Å². The minimum atomic E-state index is -5.56. The highest BCUT2D eigenvalue weighted by molar-refractivity contribution is 8.13. The molecule has 2 unspecified atom stereocenters. The lowest BCUT2D eigenvalue weighted by Crippen LogP contribution is -2.46. The molecule has 2 amide bonds. The molecule has 8 atom stereocenters. The number of carboxylic acid groups (broad SMARTS) is 1. The molecule has 11 N–H and O–H groups in total. The summed E-state index contributed by atoms with van der Waals surface area (Å²) in [7, 11) is -10.7. The summed E-state index contributed by atoms with van der Waals surface area (Å²) in [6.45, 7) is 2.33. The van der Waals surface area contributed by atoms with Gasteiger partial charge in [0, 0.05) is 50.0 Å². The Morgan fingerprint density at radius 3 is 2.24 bits per heavy atom. The fourth-order valence-corrected chi connectivity index (χ4v) is 8.53. The summed E-state index contributed by atoms with van der Waals surface area (Å²) < 4.78 is 62.4. The number of carbonyl (C=O) groups excluding carboxylic acids is 4. The molecule has 0 aromatic carbocycles. The van der Waals surface area contributed by atoms with E-state index in [1.807, 2.05) is 21.1 Å². The number of rotatable bonds is 23. The first-order chi connectivity index (χ1) is 28.3. The Hall–Kier alpha value is -3.05. The molecule has 3 rings (SSSR count). The van der Waals surface area contributed by atoms with Crippen LogP contribution < -0.4 is 21.5 Å². The first-order valence-corrected chi connectivity index (χ1v) is 23.5. The summed E-state index contributed by atoms with van der Waals surface area (Å²) in [6.07, 6.45) is -7.97. The van der Waals surface area contributed by atoms with Gasteiger partial charge in [-0.25, -0.2) is 28.6 Å². The monoisotopic (exact) mass is 970 g/mol. The lowest BCUT2D eigenvalue weighted by Gasteiger charge is -2.30. The van der Waals surface area contributed by atoms with Crippen molar-refractivity contribution in [2.45, 2.75) is 70.4 Å². The summed E-state index contributed by atoms with van der Waals surface area (Å²) in [5.41, 5.74) is 4.26. The molecule has 354 valence electrons. The number of hydrogen-bond donors (Lipinski definition) is 10. The SMILES string of the molecule is CC(=O)SCCNC(=O)CCNC(=O)[C@H](O)C(C)(C)COP(=O)(O)OP(=O)(O)OC[C@H]1O[C@@H](n2cnc3c(N)ncnc32)[C@H](O)[C@@H]1OP(=O)(O)O.C[N+](C)(C)C[C@H](O)CC(=O)[O-]. The smallest absolute Gasteiger partial charge is 0.481 e. The standard InChI is InChI=1S/C23H38N7O17P3S.C7H15NO3/c1-12(31)51-7-6-25-14(32)4-5-26-21(35)18(34)23(2,3)9-44-50(41,42)47-49(39,40)43-8-13-17(46-48(36,37)38)16(33)22(45-13)30-11-29-15-19(24)27-10-28-20(15)30;1-8(2,3)5-6(9)4-7(10)11/h10-11,13,16-18,22,33-34H,4-9H2,1-3H3,(H,25,32)(H,26,35)(H,39,40)(H,41,42)(H2,24,27,28)(H2,36,37,38);6,9H,4-5H2,1-3H3/t13-,16-,17-,18+,22-;6-/m11/s1. The number of thioether (sulfide) groups is 1. The van der Waals surface area contributed by atoms with Crippen molar-refractivity contribution in [3.05, 3.63) is 12.7 Å². The zero-order valence-electron chi connectivity index (χ0n) is 34.3. The van der Waals surface area contributed by atoms with Gasteiger partial charge in [0.2, 0.25) is 11.8 Å². The van der Waals surface area contributed by atoms with Crippen molar-refractivity contribution < 1.29 is 100.0 Å². The van der Waals surface area contributed by atoms with Gasteiger partial charge in [-0.3, -0.25) is 32.5 Å². The number of quaternary nitrogens is 1. The number of phosphoric ester groups is 3. The predicted molar refractivity (Wildman–Crippen MR) is 211 cm³/mol. The van der Waals surface area contributed by atoms with Crippen molar-refractivity contribution in [3.8, 4) is 0 Å². The number of aliphatic hydroxyl groups excluding tert-OH is 3. The van der Waals surface area contributed by atoms with Gasteiger partial charge in [-0.2, -0.15) is 4.31 Å². The maximum atomic E-state index is 12.6. The molecule has 0 saturated carbocycles. The van der Waals surface area contributed by atoms with E-state index in [1.165, 1.54) is 20.8 Å². The van der Waals surface area contributed by atoms with Gasteiger partial charge in [-0.05, 0) is 0 Å². The molecule has 1 aliphatic heterocycles. The Kier molecular flexibility index (Phi) is 20.6. The van der Waals surface area contributed by atoms with Crippen molar-refractivity contribution in [1.29, 1.82) is 0 Å². The molecule has 2 aromatic rings. The number of carboxylic acids is 1. The van der Waals surface area contributed by atoms with Crippen molar-refractivity contribution >= 4 is 75.1 Å². The number of aromatic nitrogens is 4. The van der Waals surface area contributed by atoms with Crippen molar-refractivity contribution in [2.75, 3.05) is 65.5 Å². The summed E-state index contributed by atoms with van der Waals surface area (Å²) in [4.78, 5) is 95.9. The van der Waals surface area contributed by atoms with Crippen LogP contribution in [0.25, 0.3) is 11.2 Å². The van der Waals surface area contributed by atoms with E-state index < -0.39 is 96.6 Å². The fourth-order valence-electron chi connectivity index (χ4n) is 5.21. The van der Waals surface area contributed by atoms with Crippen molar-refractivity contribution in [3.63, 3.8) is 0 Å². The molecular weight excluding hydrogens is 917 g/mol. The van der Waals surface area contributed by atoms with Crippen LogP contribution in [0, 0.1) is 5.41 Å². The van der Waals surface area contributed by atoms with Gasteiger partial charge in [-0.1, -0.05) is 25.6 Å². The summed E-state index contributed by atoms with van der Waals surface area (Å²) in [6, 6.07) is 0. The third-order valence-electron chi connectivity index (χ3n) is 7.97. The Bertz CT molecular complexity index is 2000. The van der Waals surface area contributed by atoms with Crippen LogP contribution in [0.3, 0.4) is 0 Å². The second-order valence-corrected chi connectivity index (χ2v) is 20.6. The Morgan fingerprint density at radius 1 is 1.03 bits per heavy atom. The van der Waals surface area contributed by atoms with Crippen LogP contribution in [0.5, 0.6) is 0 Å². The van der Waals surface area contributed by atoms with Gasteiger partial charge in [0.05, 0.1) is 40.7 Å². The lowest BCUT2D eigenvalue weighted by atomic mass is 9.87. The molecule has 1 fully saturated rings. The van der Waals surface area contributed by atoms with Crippen LogP contribution >= 0.6 is 35.2 Å². The number of fused-ring (bicyclic) bond motifs is 1. The zero-order chi connectivity index (χ0) is 47.4. The molecule has 28 nitrogen and oxygen atoms in total. The van der Waals surface area contributed by atoms with Gasteiger partial charge >= 0.3 is 23.5 Å². The number of likely N-dealkylation sites (N-methyl/N-ethyl adjacent to an activating group) is 1. The fraction of sp³-hybridized carbons (Fsp3) is 0.700. The van der Waals surface area contributed by atoms with Crippen LogP contribution in [-0.2, 0) is 55.5 Å². The number of nitrogens with zero attached hydrogens (tertiary/aromatic N) is 5. The number of imidazole rings is 1. The number of aliphatic hydroxyl groups is 3. The topological polar surface area (TPSA) is 424 Å². The number of carbonyl (C=O) groups is 4. The number of amides is 2. The molecule has 0 bridgehead atoms. The second kappa shape index (κ2) is 23.2. The van der Waals surface area contributed by atoms with Crippen LogP contribution in [0.1, 0.15) is 39.8 Å². The Labute approximate surface area is 358 Å². The summed E-state index contributed by atoms with van der Waals surface area (Å²) in [5, 5.41) is 45.2. The molecule has 62 heavy (non-hydrogen) atoms. The first-order valence-electron chi connectivity index (χ1n) is 18.0. The van der Waals surface area contributed by atoms with Crippen molar-refractivity contribution in [1.82, 2.24) is 30.2 Å². The number of anilines is 1. The van der Waals surface area contributed by atoms with E-state index in [1.54, 1.807) is 0 Å². The maximum absolute atomic E-state index is 12.6. The van der Waals surface area contributed by atoms with Crippen LogP contribution in [-0.4, -0.2) is 172 Å². The first kappa shape index (κ1) is 55.1. The van der Waals surface area contributed by atoms with Crippen LogP contribution in [0.4, 0.5) is 5.82 Å². The van der Waals surface area contributed by atoms with Crippen LogP contribution in [0.2, 0.25) is 0 Å². The van der Waals surface area contributed by atoms with Gasteiger partial charge in [0.1, 0.15) is 48.9 Å². The predicted octanol–water partition coefficient (Wildman–Crippen LogP) is -3.12. The third-order valence-corrected chi connectivity index (χ3v) is 11.9. The maximum Gasteiger partial charge on any atom is 0.481 e. The molecule has 32 heteroatoms. The van der Waals surface area contributed by atoms with Gasteiger partial charge in [0.15, 0.2) is 22.8 Å². The van der Waals surface area contributed by atoms with E-state index in [0.717, 1.165) is 29.0 Å². The molecule has 0 spiro atoms. The number of nitrogens with two attached hydrogens (primary N) is 1. The van der Waals surface area contributed by atoms with E-state index in [-0.39, 0.29) is 48.0 Å². The molecular formula is C30H53N8O20P3S. The Balaban J connectivity index is 0.00000105. The highest BCUT2D eigenvalue weighted by Gasteiger charge is 2.50. The highest BCUT2D eigenvalue weighted by atomic mass is 32.2. The number of nitrogens with one attached hydrogen (secondary N) is 2. The molecule has 0 aliphatic carbocycles. The quantitative estimate of drug-likeness (QED) is 0.0299. The average molecular weight is 971 g/mol. The average Bonchev–Trinajstić information content (AvgIpc) is 3.67. The van der Waals surface area contributed by atoms with Crippen molar-refractivity contribution in [2.24, 2.45) is 5.41 Å². The lowest BCUT2D eigenvalue weighted by molar-refractivity contribution is -0.873. The number of ether oxygens (including phenoxy) is 1. The second-order valence-electron chi connectivity index (χ2n) is 15.1. The minimum Gasteiger partial charge on any atom is -0.550 e. The number of hydrogen-bond acceptors (Lipinski definition) is 21. The molecule has 0 radical (unpaired) electrons. The Morgan fingerprint density at radius 2 is 1.66 bits per heavy atom. The minimum absolute atomic E-state index is 0.0310. The van der Waals surface area contributed by atoms with E-state index in [0.29, 0.717) is 16.8 Å². The largest absolute Gasteiger partial charge is 0.550 e. The molecule has 1 saturated heterocycles. The van der Waals surface area contributed by atoms with Gasteiger partial charge in [-0.15, -0.1) is 0 Å². The molecule has 2 aromatic heterocycles. The number of phosphoric acid groups is 3. The summed E-state index contributed by atoms with van der Waals surface area (Å²) in [5.74, 6) is -2.29. The molecule has 1 aliphatic rings. The normalized spacial score (nSPS) is 21.2. The van der Waals surface area contributed by atoms with Gasteiger partial charge < -0.3 is 70.4 Å². The van der Waals surface area contributed by atoms with E-state index >= 15 is 0 Å².